The highest BCUT2D eigenvalue weighted by atomic mass is 32.1. The molecule has 0 fully saturated rings. The van der Waals surface area contributed by atoms with Gasteiger partial charge in [0.2, 0.25) is 0 Å². The van der Waals surface area contributed by atoms with Gasteiger partial charge >= 0.3 is 0 Å². The largest absolute Gasteiger partial charge is 0.497 e. The minimum atomic E-state index is -0.565. The van der Waals surface area contributed by atoms with Crippen LogP contribution in [-0.4, -0.2) is 31.7 Å². The van der Waals surface area contributed by atoms with E-state index in [1.807, 2.05) is 36.4 Å². The van der Waals surface area contributed by atoms with Gasteiger partial charge in [-0.25, -0.2) is 4.99 Å². The highest BCUT2D eigenvalue weighted by Gasteiger charge is 2.30. The lowest BCUT2D eigenvalue weighted by molar-refractivity contribution is -0.114. The average molecular weight is 465 g/mol. The fourth-order valence-electron chi connectivity index (χ4n) is 3.95. The maximum absolute atomic E-state index is 13.6. The van der Waals surface area contributed by atoms with Gasteiger partial charge in [0.1, 0.15) is 17.2 Å². The number of aromatic nitrogens is 1. The van der Waals surface area contributed by atoms with Crippen molar-refractivity contribution in [3.63, 3.8) is 0 Å². The molecule has 33 heavy (non-hydrogen) atoms. The lowest BCUT2D eigenvalue weighted by Crippen LogP contribution is -2.39. The molecule has 170 valence electrons. The number of carbonyl (C=O) groups is 1. The summed E-state index contributed by atoms with van der Waals surface area (Å²) in [6, 6.07) is 12.2. The van der Waals surface area contributed by atoms with Gasteiger partial charge in [-0.3, -0.25) is 14.2 Å². The lowest BCUT2D eigenvalue weighted by atomic mass is 9.93. The Labute approximate surface area is 194 Å². The van der Waals surface area contributed by atoms with E-state index in [0.717, 1.165) is 11.1 Å². The summed E-state index contributed by atoms with van der Waals surface area (Å²) in [5.41, 5.74) is 2.44. The molecule has 0 aliphatic carbocycles. The van der Waals surface area contributed by atoms with E-state index in [0.29, 0.717) is 37.9 Å². The van der Waals surface area contributed by atoms with E-state index in [1.165, 1.54) is 18.3 Å². The number of rotatable bonds is 6. The molecular formula is C25H24N2O5S. The second kappa shape index (κ2) is 9.07. The summed E-state index contributed by atoms with van der Waals surface area (Å²) in [6.07, 6.45) is 1.78. The molecule has 4 rings (SSSR count). The van der Waals surface area contributed by atoms with E-state index in [4.69, 9.17) is 14.2 Å². The zero-order chi connectivity index (χ0) is 23.7. The van der Waals surface area contributed by atoms with E-state index >= 15 is 0 Å². The van der Waals surface area contributed by atoms with Crippen molar-refractivity contribution in [1.82, 2.24) is 4.57 Å². The first-order valence-electron chi connectivity index (χ1n) is 10.3. The van der Waals surface area contributed by atoms with Crippen LogP contribution in [0.5, 0.6) is 17.2 Å². The van der Waals surface area contributed by atoms with E-state index < -0.39 is 6.04 Å². The lowest BCUT2D eigenvalue weighted by Gasteiger charge is -2.24. The summed E-state index contributed by atoms with van der Waals surface area (Å²) in [5.74, 6) is 1.82. The van der Waals surface area contributed by atoms with E-state index in [1.54, 1.807) is 45.0 Å². The van der Waals surface area contributed by atoms with Crippen LogP contribution < -0.4 is 29.1 Å². The van der Waals surface area contributed by atoms with Crippen molar-refractivity contribution in [3.05, 3.63) is 84.5 Å². The van der Waals surface area contributed by atoms with Gasteiger partial charge in [-0.15, -0.1) is 0 Å². The Morgan fingerprint density at radius 2 is 1.70 bits per heavy atom. The number of thiazole rings is 1. The van der Waals surface area contributed by atoms with Gasteiger partial charge in [-0.2, -0.15) is 0 Å². The Morgan fingerprint density at radius 1 is 1.03 bits per heavy atom. The average Bonchev–Trinajstić information content (AvgIpc) is 3.12. The number of hydrogen-bond donors (Lipinski definition) is 0. The van der Waals surface area contributed by atoms with E-state index in [2.05, 4.69) is 4.99 Å². The summed E-state index contributed by atoms with van der Waals surface area (Å²) in [7, 11) is 4.75. The van der Waals surface area contributed by atoms with Crippen molar-refractivity contribution in [2.45, 2.75) is 19.9 Å². The number of Topliss-reactive ketones (excluding diaryl/α,β-unsaturated/α-hetero) is 1. The van der Waals surface area contributed by atoms with Gasteiger partial charge in [0.25, 0.3) is 5.56 Å². The molecule has 0 bridgehead atoms. The molecule has 0 spiro atoms. The Morgan fingerprint density at radius 3 is 2.30 bits per heavy atom. The van der Waals surface area contributed by atoms with E-state index in [9.17, 15) is 9.59 Å². The molecule has 0 N–H and O–H groups in total. The summed E-state index contributed by atoms with van der Waals surface area (Å²) in [4.78, 5) is 31.3. The summed E-state index contributed by atoms with van der Waals surface area (Å²) >= 11 is 1.28. The molecule has 1 aliphatic rings. The van der Waals surface area contributed by atoms with Gasteiger partial charge in [-0.1, -0.05) is 23.5 Å². The molecule has 0 amide bonds. The van der Waals surface area contributed by atoms with Gasteiger partial charge in [0, 0.05) is 22.9 Å². The Balaban J connectivity index is 1.94. The zero-order valence-electron chi connectivity index (χ0n) is 19.0. The molecule has 0 unspecified atom stereocenters. The standard InChI is InChI=1S/C25H24N2O5S/c1-14-22(15(2)28)23(16-6-9-18(30-3)10-7-16)27-24(29)21(33-25(27)26-14)12-17-8-11-19(31-4)13-20(17)32-5/h6-13,23H,1-5H3/t23-/m1/s1. The van der Waals surface area contributed by atoms with Gasteiger partial charge < -0.3 is 14.2 Å². The van der Waals surface area contributed by atoms with E-state index in [-0.39, 0.29) is 11.3 Å². The van der Waals surface area contributed by atoms with Crippen LogP contribution in [0, 0.1) is 0 Å². The first-order valence-corrected chi connectivity index (χ1v) is 11.1. The van der Waals surface area contributed by atoms with Crippen LogP contribution in [0.25, 0.3) is 6.08 Å². The highest BCUT2D eigenvalue weighted by Crippen LogP contribution is 2.31. The van der Waals surface area contributed by atoms with Crippen LogP contribution in [0.1, 0.15) is 31.0 Å². The number of carbonyl (C=O) groups excluding carboxylic acids is 1. The SMILES string of the molecule is COc1ccc([C@@H]2C(C(C)=O)=C(C)N=c3sc(=Cc4ccc(OC)cc4OC)c(=O)n32)cc1. The van der Waals surface area contributed by atoms with Crippen LogP contribution >= 0.6 is 11.3 Å². The molecular weight excluding hydrogens is 440 g/mol. The molecule has 0 saturated carbocycles. The van der Waals surface area contributed by atoms with Gasteiger partial charge in [0.05, 0.1) is 31.9 Å². The first-order chi connectivity index (χ1) is 15.9. The highest BCUT2D eigenvalue weighted by molar-refractivity contribution is 7.07. The minimum Gasteiger partial charge on any atom is -0.497 e. The van der Waals surface area contributed by atoms with Crippen LogP contribution in [0.4, 0.5) is 0 Å². The Bertz CT molecular complexity index is 1430. The summed E-state index contributed by atoms with van der Waals surface area (Å²) in [6.45, 7) is 3.30. The second-order valence-corrected chi connectivity index (χ2v) is 8.53. The number of fused-ring (bicyclic) bond motifs is 1. The molecule has 3 aromatic rings. The number of nitrogens with zero attached hydrogens (tertiary/aromatic N) is 2. The summed E-state index contributed by atoms with van der Waals surface area (Å²) < 4.78 is 18.1. The number of benzene rings is 2. The monoisotopic (exact) mass is 464 g/mol. The Kier molecular flexibility index (Phi) is 6.20. The fourth-order valence-corrected chi connectivity index (χ4v) is 4.99. The maximum atomic E-state index is 13.6. The molecule has 0 saturated heterocycles. The molecule has 2 aromatic carbocycles. The van der Waals surface area contributed by atoms with Crippen molar-refractivity contribution >= 4 is 23.2 Å². The third-order valence-corrected chi connectivity index (χ3v) is 6.54. The smallest absolute Gasteiger partial charge is 0.271 e. The Hall–Kier alpha value is -3.65. The molecule has 1 atom stereocenters. The quantitative estimate of drug-likeness (QED) is 0.561. The topological polar surface area (TPSA) is 79.1 Å². The molecule has 2 heterocycles. The fraction of sp³-hybridized carbons (Fsp3) is 0.240. The van der Waals surface area contributed by atoms with Gasteiger partial charge in [0.15, 0.2) is 10.6 Å². The number of methoxy groups -OCH3 is 3. The molecule has 1 aliphatic heterocycles. The molecule has 7 nitrogen and oxygen atoms in total. The van der Waals surface area contributed by atoms with Crippen molar-refractivity contribution < 1.29 is 19.0 Å². The predicted molar refractivity (Wildman–Crippen MR) is 127 cm³/mol. The molecule has 0 radical (unpaired) electrons. The van der Waals surface area contributed by atoms with Crippen molar-refractivity contribution in [1.29, 1.82) is 0 Å². The van der Waals surface area contributed by atoms with Crippen LogP contribution in [0.15, 0.2) is 63.5 Å². The van der Waals surface area contributed by atoms with Crippen molar-refractivity contribution in [2.24, 2.45) is 4.99 Å². The number of ether oxygens (including phenoxy) is 3. The van der Waals surface area contributed by atoms with Gasteiger partial charge in [-0.05, 0) is 49.8 Å². The predicted octanol–water partition coefficient (Wildman–Crippen LogP) is 2.85. The van der Waals surface area contributed by atoms with Crippen molar-refractivity contribution in [3.8, 4) is 17.2 Å². The van der Waals surface area contributed by atoms with Crippen LogP contribution in [-0.2, 0) is 4.79 Å². The molecule has 8 heteroatoms. The first kappa shape index (κ1) is 22.5. The normalized spacial score (nSPS) is 15.7. The number of ketones is 1. The number of hydrogen-bond acceptors (Lipinski definition) is 7. The zero-order valence-corrected chi connectivity index (χ0v) is 19.9. The minimum absolute atomic E-state index is 0.122. The number of allylic oxidation sites excluding steroid dienone is 2. The maximum Gasteiger partial charge on any atom is 0.271 e. The van der Waals surface area contributed by atoms with Crippen molar-refractivity contribution in [2.75, 3.05) is 21.3 Å². The summed E-state index contributed by atoms with van der Waals surface area (Å²) in [5, 5.41) is 0. The second-order valence-electron chi connectivity index (χ2n) is 7.52. The third kappa shape index (κ3) is 4.09. The third-order valence-electron chi connectivity index (χ3n) is 5.56. The van der Waals surface area contributed by atoms with Crippen LogP contribution in [0.3, 0.4) is 0 Å². The van der Waals surface area contributed by atoms with Crippen LogP contribution in [0.2, 0.25) is 0 Å². The molecule has 1 aromatic heterocycles.